The summed E-state index contributed by atoms with van der Waals surface area (Å²) in [6.07, 6.45) is -3.88. The Morgan fingerprint density at radius 2 is 1.71 bits per heavy atom. The van der Waals surface area contributed by atoms with Gasteiger partial charge in [0, 0.05) is 24.6 Å². The number of ether oxygens (including phenoxy) is 1. The molecule has 1 aliphatic rings. The van der Waals surface area contributed by atoms with Crippen molar-refractivity contribution < 1.29 is 32.3 Å². The Labute approximate surface area is 161 Å². The third-order valence-corrected chi connectivity index (χ3v) is 4.39. The number of hydrogen-bond acceptors (Lipinski definition) is 4. The number of halogens is 3. The fourth-order valence-electron chi connectivity index (χ4n) is 2.94. The molecule has 0 aliphatic carbocycles. The largest absolute Gasteiger partial charge is 0.462 e. The number of hydrogen-bond donors (Lipinski definition) is 1. The molecular weight excluding hydrogens is 377 g/mol. The van der Waals surface area contributed by atoms with Crippen LogP contribution in [-0.4, -0.2) is 48.4 Å². The van der Waals surface area contributed by atoms with Gasteiger partial charge in [-0.3, -0.25) is 14.4 Å². The molecule has 0 saturated carbocycles. The van der Waals surface area contributed by atoms with Crippen LogP contribution in [0.3, 0.4) is 0 Å². The number of alkyl halides is 3. The summed E-state index contributed by atoms with van der Waals surface area (Å²) in [6.45, 7) is 3.84. The molecule has 1 fully saturated rings. The number of carbonyl (C=O) groups excluding carboxylic acids is 3. The van der Waals surface area contributed by atoms with Crippen molar-refractivity contribution in [2.45, 2.75) is 39.0 Å². The molecule has 2 amide bonds. The maximum absolute atomic E-state index is 12.6. The van der Waals surface area contributed by atoms with Crippen molar-refractivity contribution >= 4 is 17.8 Å². The number of carbonyl (C=O) groups is 3. The molecule has 1 heterocycles. The van der Waals surface area contributed by atoms with Crippen LogP contribution in [0.5, 0.6) is 0 Å². The summed E-state index contributed by atoms with van der Waals surface area (Å²) in [4.78, 5) is 37.6. The number of esters is 1. The molecule has 154 valence electrons. The molecule has 9 heteroatoms. The van der Waals surface area contributed by atoms with Crippen LogP contribution in [-0.2, 0) is 20.5 Å². The van der Waals surface area contributed by atoms with Gasteiger partial charge in [-0.2, -0.15) is 13.2 Å². The molecule has 1 aromatic carbocycles. The van der Waals surface area contributed by atoms with Gasteiger partial charge in [0.25, 0.3) is 5.91 Å². The Bertz CT molecular complexity index is 709. The van der Waals surface area contributed by atoms with Gasteiger partial charge in [-0.1, -0.05) is 0 Å². The van der Waals surface area contributed by atoms with E-state index in [0.717, 1.165) is 24.3 Å². The molecule has 1 N–H and O–H groups in total. The van der Waals surface area contributed by atoms with Gasteiger partial charge < -0.3 is 15.0 Å². The minimum absolute atomic E-state index is 0.173. The van der Waals surface area contributed by atoms with Crippen molar-refractivity contribution in [1.29, 1.82) is 0 Å². The average Bonchev–Trinajstić information content (AvgIpc) is 2.64. The first-order valence-corrected chi connectivity index (χ1v) is 9.01. The zero-order valence-corrected chi connectivity index (χ0v) is 15.7. The summed E-state index contributed by atoms with van der Waals surface area (Å²) in [5.74, 6) is -1.49. The summed E-state index contributed by atoms with van der Waals surface area (Å²) < 4.78 is 42.8. The van der Waals surface area contributed by atoms with Crippen LogP contribution in [0.15, 0.2) is 24.3 Å². The molecule has 0 aromatic heterocycles. The molecule has 1 aromatic rings. The Balaban J connectivity index is 1.83. The third kappa shape index (κ3) is 5.97. The lowest BCUT2D eigenvalue weighted by molar-refractivity contribution is -0.147. The lowest BCUT2D eigenvalue weighted by Gasteiger charge is -2.31. The zero-order chi connectivity index (χ0) is 20.9. The second kappa shape index (κ2) is 9.07. The fourth-order valence-corrected chi connectivity index (χ4v) is 2.94. The first kappa shape index (κ1) is 21.7. The van der Waals surface area contributed by atoms with E-state index in [1.54, 1.807) is 13.8 Å². The highest BCUT2D eigenvalue weighted by molar-refractivity contribution is 5.94. The number of benzene rings is 1. The summed E-state index contributed by atoms with van der Waals surface area (Å²) in [6, 6.07) is 4.07. The van der Waals surface area contributed by atoms with Gasteiger partial charge in [0.05, 0.1) is 11.7 Å². The van der Waals surface area contributed by atoms with Crippen molar-refractivity contribution in [2.75, 3.05) is 19.6 Å². The van der Waals surface area contributed by atoms with Crippen LogP contribution < -0.4 is 5.32 Å². The fraction of sp³-hybridized carbons (Fsp3) is 0.526. The second-order valence-electron chi connectivity index (χ2n) is 6.90. The van der Waals surface area contributed by atoms with E-state index in [2.05, 4.69) is 5.32 Å². The highest BCUT2D eigenvalue weighted by Gasteiger charge is 2.31. The van der Waals surface area contributed by atoms with Gasteiger partial charge >= 0.3 is 12.1 Å². The summed E-state index contributed by atoms with van der Waals surface area (Å²) in [7, 11) is 0. The van der Waals surface area contributed by atoms with E-state index >= 15 is 0 Å². The molecule has 28 heavy (non-hydrogen) atoms. The molecule has 1 aliphatic heterocycles. The molecule has 0 unspecified atom stereocenters. The van der Waals surface area contributed by atoms with Crippen LogP contribution in [0.4, 0.5) is 13.2 Å². The Hall–Kier alpha value is -2.58. The maximum Gasteiger partial charge on any atom is 0.416 e. The van der Waals surface area contributed by atoms with Gasteiger partial charge in [0.2, 0.25) is 5.91 Å². The first-order chi connectivity index (χ1) is 13.1. The van der Waals surface area contributed by atoms with Crippen LogP contribution in [0.1, 0.15) is 42.6 Å². The van der Waals surface area contributed by atoms with Crippen LogP contribution >= 0.6 is 0 Å². The Morgan fingerprint density at radius 3 is 2.21 bits per heavy atom. The monoisotopic (exact) mass is 400 g/mol. The predicted molar refractivity (Wildman–Crippen MR) is 94.3 cm³/mol. The van der Waals surface area contributed by atoms with Gasteiger partial charge in [-0.25, -0.2) is 0 Å². The van der Waals surface area contributed by atoms with Crippen LogP contribution in [0, 0.1) is 5.92 Å². The van der Waals surface area contributed by atoms with Gasteiger partial charge in [0.15, 0.2) is 0 Å². The summed E-state index contributed by atoms with van der Waals surface area (Å²) in [5.41, 5.74) is -0.636. The van der Waals surface area contributed by atoms with Crippen molar-refractivity contribution in [3.05, 3.63) is 35.4 Å². The van der Waals surface area contributed by atoms with Crippen LogP contribution in [0.25, 0.3) is 0 Å². The maximum atomic E-state index is 12.6. The van der Waals surface area contributed by atoms with E-state index in [-0.39, 0.29) is 35.9 Å². The third-order valence-electron chi connectivity index (χ3n) is 4.39. The number of nitrogens with zero attached hydrogens (tertiary/aromatic N) is 1. The molecule has 6 nitrogen and oxygen atoms in total. The molecular formula is C19H23F3N2O4. The SMILES string of the molecule is CC(C)OC(=O)CNC(=O)C1CCN(C(=O)c2ccc(C(F)(F)F)cc2)CC1. The lowest BCUT2D eigenvalue weighted by Crippen LogP contribution is -2.44. The van der Waals surface area contributed by atoms with E-state index < -0.39 is 17.7 Å². The standard InChI is InChI=1S/C19H23F3N2O4/c1-12(2)28-16(25)11-23-17(26)13-7-9-24(10-8-13)18(27)14-3-5-15(6-4-14)19(20,21)22/h3-6,12-13H,7-11H2,1-2H3,(H,23,26). The van der Waals surface area contributed by atoms with E-state index in [1.807, 2.05) is 0 Å². The number of nitrogens with one attached hydrogen (secondary N) is 1. The molecule has 0 radical (unpaired) electrons. The zero-order valence-electron chi connectivity index (χ0n) is 15.7. The molecule has 0 atom stereocenters. The molecule has 0 spiro atoms. The lowest BCUT2D eigenvalue weighted by atomic mass is 9.95. The smallest absolute Gasteiger partial charge is 0.416 e. The molecule has 2 rings (SSSR count). The minimum Gasteiger partial charge on any atom is -0.462 e. The molecule has 1 saturated heterocycles. The van der Waals surface area contributed by atoms with E-state index in [4.69, 9.17) is 4.74 Å². The van der Waals surface area contributed by atoms with Gasteiger partial charge in [-0.05, 0) is 51.0 Å². The average molecular weight is 400 g/mol. The van der Waals surface area contributed by atoms with Gasteiger partial charge in [-0.15, -0.1) is 0 Å². The summed E-state index contributed by atoms with van der Waals surface area (Å²) >= 11 is 0. The predicted octanol–water partition coefficient (Wildman–Crippen LogP) is 2.63. The number of piperidine rings is 1. The first-order valence-electron chi connectivity index (χ1n) is 9.01. The quantitative estimate of drug-likeness (QED) is 0.771. The summed E-state index contributed by atoms with van der Waals surface area (Å²) in [5, 5.41) is 2.53. The van der Waals surface area contributed by atoms with Crippen molar-refractivity contribution in [3.8, 4) is 0 Å². The van der Waals surface area contributed by atoms with E-state index in [9.17, 15) is 27.6 Å². The van der Waals surface area contributed by atoms with Crippen LogP contribution in [0.2, 0.25) is 0 Å². The molecule has 0 bridgehead atoms. The van der Waals surface area contributed by atoms with Crippen molar-refractivity contribution in [3.63, 3.8) is 0 Å². The van der Waals surface area contributed by atoms with E-state index in [1.165, 1.54) is 4.90 Å². The Morgan fingerprint density at radius 1 is 1.14 bits per heavy atom. The second-order valence-corrected chi connectivity index (χ2v) is 6.90. The highest BCUT2D eigenvalue weighted by Crippen LogP contribution is 2.29. The van der Waals surface area contributed by atoms with Crippen molar-refractivity contribution in [1.82, 2.24) is 10.2 Å². The Kier molecular flexibility index (Phi) is 7.04. The number of likely N-dealkylation sites (tertiary alicyclic amines) is 1. The normalized spacial score (nSPS) is 15.4. The number of amides is 2. The van der Waals surface area contributed by atoms with Crippen molar-refractivity contribution in [2.24, 2.45) is 5.92 Å². The number of rotatable bonds is 5. The topological polar surface area (TPSA) is 75.7 Å². The minimum atomic E-state index is -4.45. The van der Waals surface area contributed by atoms with E-state index in [0.29, 0.717) is 25.9 Å². The van der Waals surface area contributed by atoms with Gasteiger partial charge in [0.1, 0.15) is 6.54 Å². The highest BCUT2D eigenvalue weighted by atomic mass is 19.4.